The largest absolute Gasteiger partial charge is 0.481 e. The molecule has 2 rings (SSSR count). The van der Waals surface area contributed by atoms with Crippen LogP contribution in [0.3, 0.4) is 0 Å². The van der Waals surface area contributed by atoms with Gasteiger partial charge in [0.05, 0.1) is 13.0 Å². The molecular weight excluding hydrogens is 228 g/mol. The number of alkyl halides is 2. The molecule has 0 bridgehead atoms. The van der Waals surface area contributed by atoms with Crippen molar-refractivity contribution in [2.24, 2.45) is 0 Å². The van der Waals surface area contributed by atoms with Gasteiger partial charge >= 0.3 is 5.97 Å². The van der Waals surface area contributed by atoms with Crippen LogP contribution in [0.1, 0.15) is 5.56 Å². The summed E-state index contributed by atoms with van der Waals surface area (Å²) >= 11 is 0. The topological polar surface area (TPSA) is 42.2 Å². The van der Waals surface area contributed by atoms with Gasteiger partial charge in [-0.1, -0.05) is 18.2 Å². The number of fused-ring (bicyclic) bond motifs is 1. The van der Waals surface area contributed by atoms with Crippen molar-refractivity contribution in [1.82, 2.24) is 4.57 Å². The first kappa shape index (κ1) is 11.6. The van der Waals surface area contributed by atoms with Crippen LogP contribution in [0.25, 0.3) is 10.9 Å². The van der Waals surface area contributed by atoms with Crippen LogP contribution >= 0.6 is 0 Å². The number of carboxylic acids is 1. The van der Waals surface area contributed by atoms with Crippen LogP contribution < -0.4 is 0 Å². The van der Waals surface area contributed by atoms with Crippen LogP contribution in [-0.4, -0.2) is 22.1 Å². The fourth-order valence-electron chi connectivity index (χ4n) is 1.93. The number of aliphatic carboxylic acids is 1. The number of carbonyl (C=O) groups is 1. The number of para-hydroxylation sites is 1. The van der Waals surface area contributed by atoms with Crippen molar-refractivity contribution in [3.63, 3.8) is 0 Å². The molecule has 0 aliphatic rings. The molecule has 0 saturated carbocycles. The summed E-state index contributed by atoms with van der Waals surface area (Å²) < 4.78 is 26.2. The highest BCUT2D eigenvalue weighted by molar-refractivity contribution is 5.87. The molecular formula is C12H11F2NO2. The number of rotatable bonds is 4. The lowest BCUT2D eigenvalue weighted by molar-refractivity contribution is -0.136. The van der Waals surface area contributed by atoms with Crippen LogP contribution in [0.5, 0.6) is 0 Å². The molecule has 0 spiro atoms. The first-order chi connectivity index (χ1) is 8.08. The Labute approximate surface area is 96.3 Å². The Hall–Kier alpha value is -1.91. The fraction of sp³-hybridized carbons (Fsp3) is 0.250. The van der Waals surface area contributed by atoms with E-state index in [-0.39, 0.29) is 6.42 Å². The minimum Gasteiger partial charge on any atom is -0.481 e. The van der Waals surface area contributed by atoms with Gasteiger partial charge in [-0.25, -0.2) is 8.78 Å². The maximum Gasteiger partial charge on any atom is 0.307 e. The van der Waals surface area contributed by atoms with Crippen LogP contribution in [0.4, 0.5) is 8.78 Å². The Kier molecular flexibility index (Phi) is 3.08. The Bertz CT molecular complexity index is 548. The van der Waals surface area contributed by atoms with E-state index in [2.05, 4.69) is 0 Å². The number of carboxylic acid groups (broad SMARTS) is 1. The number of hydrogen-bond acceptors (Lipinski definition) is 1. The quantitative estimate of drug-likeness (QED) is 0.890. The molecule has 5 heteroatoms. The van der Waals surface area contributed by atoms with Crippen LogP contribution in [0, 0.1) is 0 Å². The van der Waals surface area contributed by atoms with Gasteiger partial charge in [-0.15, -0.1) is 0 Å². The highest BCUT2D eigenvalue weighted by Gasteiger charge is 2.13. The molecule has 0 aliphatic heterocycles. The molecule has 0 amide bonds. The first-order valence-corrected chi connectivity index (χ1v) is 5.14. The summed E-state index contributed by atoms with van der Waals surface area (Å²) in [5.74, 6) is -0.968. The molecule has 1 aromatic carbocycles. The van der Waals surface area contributed by atoms with Gasteiger partial charge in [0, 0.05) is 17.1 Å². The second kappa shape index (κ2) is 4.53. The van der Waals surface area contributed by atoms with Crippen LogP contribution in [-0.2, 0) is 17.8 Å². The molecule has 0 atom stereocenters. The second-order valence-electron chi connectivity index (χ2n) is 3.79. The molecule has 0 fully saturated rings. The van der Waals surface area contributed by atoms with E-state index in [9.17, 15) is 13.6 Å². The number of hydrogen-bond donors (Lipinski definition) is 1. The summed E-state index contributed by atoms with van der Waals surface area (Å²) in [6, 6.07) is 6.97. The fourth-order valence-corrected chi connectivity index (χ4v) is 1.93. The summed E-state index contributed by atoms with van der Waals surface area (Å²) in [6.07, 6.45) is -1.12. The molecule has 1 aromatic heterocycles. The summed E-state index contributed by atoms with van der Waals surface area (Å²) in [5, 5.41) is 9.48. The van der Waals surface area contributed by atoms with Crippen molar-refractivity contribution in [2.45, 2.75) is 19.4 Å². The Morgan fingerprint density at radius 1 is 1.35 bits per heavy atom. The highest BCUT2D eigenvalue weighted by Crippen LogP contribution is 2.22. The molecule has 0 unspecified atom stereocenters. The van der Waals surface area contributed by atoms with Gasteiger partial charge < -0.3 is 9.67 Å². The van der Waals surface area contributed by atoms with E-state index in [1.54, 1.807) is 24.3 Å². The van der Waals surface area contributed by atoms with Gasteiger partial charge in [-0.3, -0.25) is 4.79 Å². The maximum absolute atomic E-state index is 12.4. The van der Waals surface area contributed by atoms with Crippen molar-refractivity contribution in [1.29, 1.82) is 0 Å². The van der Waals surface area contributed by atoms with Crippen LogP contribution in [0.2, 0.25) is 0 Å². The molecule has 1 heterocycles. The molecule has 3 nitrogen and oxygen atoms in total. The highest BCUT2D eigenvalue weighted by atomic mass is 19.3. The summed E-state index contributed by atoms with van der Waals surface area (Å²) in [5.41, 5.74) is 1.21. The maximum atomic E-state index is 12.4. The molecule has 90 valence electrons. The zero-order chi connectivity index (χ0) is 12.4. The Morgan fingerprint density at radius 3 is 2.71 bits per heavy atom. The van der Waals surface area contributed by atoms with Gasteiger partial charge in [0.1, 0.15) is 0 Å². The lowest BCUT2D eigenvalue weighted by Gasteiger charge is -2.02. The van der Waals surface area contributed by atoms with E-state index < -0.39 is 18.9 Å². The molecule has 0 radical (unpaired) electrons. The standard InChI is InChI=1S/C12H11F2NO2/c13-11(14)7-15-6-8(5-12(16)17)9-3-1-2-4-10(9)15/h1-4,6,11H,5,7H2,(H,16,17). The Balaban J connectivity index is 2.50. The van der Waals surface area contributed by atoms with Crippen LogP contribution in [0.15, 0.2) is 30.5 Å². The average molecular weight is 239 g/mol. The van der Waals surface area contributed by atoms with E-state index in [1.165, 1.54) is 10.8 Å². The van der Waals surface area contributed by atoms with Gasteiger partial charge in [-0.05, 0) is 11.6 Å². The van der Waals surface area contributed by atoms with Gasteiger partial charge in [0.15, 0.2) is 0 Å². The van der Waals surface area contributed by atoms with Gasteiger partial charge in [0.2, 0.25) is 0 Å². The zero-order valence-electron chi connectivity index (χ0n) is 8.94. The third-order valence-electron chi connectivity index (χ3n) is 2.55. The summed E-state index contributed by atoms with van der Waals surface area (Å²) in [6.45, 7) is -0.417. The smallest absolute Gasteiger partial charge is 0.307 e. The third-order valence-corrected chi connectivity index (χ3v) is 2.55. The Morgan fingerprint density at radius 2 is 2.06 bits per heavy atom. The van der Waals surface area contributed by atoms with E-state index >= 15 is 0 Å². The van der Waals surface area contributed by atoms with Gasteiger partial charge in [0.25, 0.3) is 6.43 Å². The predicted molar refractivity (Wildman–Crippen MR) is 59.3 cm³/mol. The minimum absolute atomic E-state index is 0.156. The number of benzene rings is 1. The normalized spacial score (nSPS) is 11.2. The number of nitrogens with zero attached hydrogens (tertiary/aromatic N) is 1. The average Bonchev–Trinajstić information content (AvgIpc) is 2.56. The van der Waals surface area contributed by atoms with Crippen molar-refractivity contribution in [2.75, 3.05) is 0 Å². The monoisotopic (exact) mass is 239 g/mol. The van der Waals surface area contributed by atoms with Crippen molar-refractivity contribution < 1.29 is 18.7 Å². The molecule has 17 heavy (non-hydrogen) atoms. The van der Waals surface area contributed by atoms with Crippen molar-refractivity contribution in [3.05, 3.63) is 36.0 Å². The number of aromatic nitrogens is 1. The molecule has 0 saturated heterocycles. The van der Waals surface area contributed by atoms with E-state index in [0.717, 1.165) is 5.39 Å². The summed E-state index contributed by atoms with van der Waals surface area (Å²) in [7, 11) is 0. The van der Waals surface area contributed by atoms with Crippen molar-refractivity contribution >= 4 is 16.9 Å². The molecule has 1 N–H and O–H groups in total. The third kappa shape index (κ3) is 2.43. The number of halogens is 2. The molecule has 2 aromatic rings. The SMILES string of the molecule is O=C(O)Cc1cn(CC(F)F)c2ccccc12. The van der Waals surface area contributed by atoms with Crippen molar-refractivity contribution in [3.8, 4) is 0 Å². The lowest BCUT2D eigenvalue weighted by Crippen LogP contribution is -2.05. The predicted octanol–water partition coefficient (Wildman–Crippen LogP) is 2.53. The van der Waals surface area contributed by atoms with E-state index in [4.69, 9.17) is 5.11 Å². The lowest BCUT2D eigenvalue weighted by atomic mass is 10.1. The van der Waals surface area contributed by atoms with E-state index in [0.29, 0.717) is 11.1 Å². The summed E-state index contributed by atoms with van der Waals surface area (Å²) in [4.78, 5) is 10.7. The second-order valence-corrected chi connectivity index (χ2v) is 3.79. The van der Waals surface area contributed by atoms with Gasteiger partial charge in [-0.2, -0.15) is 0 Å². The van der Waals surface area contributed by atoms with E-state index in [1.807, 2.05) is 0 Å². The minimum atomic E-state index is -2.46. The molecule has 0 aliphatic carbocycles. The first-order valence-electron chi connectivity index (χ1n) is 5.14. The zero-order valence-corrected chi connectivity index (χ0v) is 8.94.